The summed E-state index contributed by atoms with van der Waals surface area (Å²) in [7, 11) is 3.31. The first-order valence-electron chi connectivity index (χ1n) is 8.69. The molecule has 158 valence electrons. The normalized spacial score (nSPS) is 15.3. The number of hydrogen-bond acceptors (Lipinski definition) is 3. The van der Waals surface area contributed by atoms with Gasteiger partial charge in [0.25, 0.3) is 0 Å². The Bertz CT molecular complexity index is 882. The minimum atomic E-state index is -4.42. The number of guanidine groups is 1. The Morgan fingerprint density at radius 1 is 1.28 bits per heavy atom. The molecule has 1 aliphatic heterocycles. The minimum Gasteiger partial charge on any atom is -0.352 e. The van der Waals surface area contributed by atoms with E-state index in [2.05, 4.69) is 15.4 Å². The van der Waals surface area contributed by atoms with E-state index in [1.807, 2.05) is 0 Å². The number of alkyl halides is 3. The molecule has 11 heteroatoms. The molecule has 0 aliphatic carbocycles. The molecule has 0 radical (unpaired) electrons. The van der Waals surface area contributed by atoms with Crippen LogP contribution in [0.4, 0.5) is 18.9 Å². The third-order valence-electron chi connectivity index (χ3n) is 4.49. The van der Waals surface area contributed by atoms with Crippen molar-refractivity contribution in [2.45, 2.75) is 12.7 Å². The second kappa shape index (κ2) is 9.46. The molecule has 1 amide bonds. The highest BCUT2D eigenvalue weighted by Crippen LogP contribution is 2.31. The SMILES string of the molecule is CN=C(NCc1ccccc1C(F)(F)F)N1CCN(c2cnn(C)c2)C(=O)C1.I. The van der Waals surface area contributed by atoms with Gasteiger partial charge < -0.3 is 15.1 Å². The van der Waals surface area contributed by atoms with Crippen LogP contribution in [0.3, 0.4) is 0 Å². The van der Waals surface area contributed by atoms with Crippen molar-refractivity contribution >= 4 is 41.5 Å². The minimum absolute atomic E-state index is 0. The van der Waals surface area contributed by atoms with E-state index >= 15 is 0 Å². The zero-order chi connectivity index (χ0) is 20.3. The van der Waals surface area contributed by atoms with Crippen LogP contribution in [0.2, 0.25) is 0 Å². The number of carbonyl (C=O) groups is 1. The fraction of sp³-hybridized carbons (Fsp3) is 0.389. The number of piperazine rings is 1. The fourth-order valence-electron chi connectivity index (χ4n) is 3.13. The first kappa shape index (κ1) is 23.0. The van der Waals surface area contributed by atoms with E-state index in [4.69, 9.17) is 0 Å². The first-order chi connectivity index (χ1) is 13.3. The lowest BCUT2D eigenvalue weighted by molar-refractivity contribution is -0.138. The summed E-state index contributed by atoms with van der Waals surface area (Å²) in [6.07, 6.45) is -1.05. The Balaban J connectivity index is 0.00000300. The molecule has 2 heterocycles. The number of nitrogens with zero attached hydrogens (tertiary/aromatic N) is 5. The van der Waals surface area contributed by atoms with E-state index in [9.17, 15) is 18.0 Å². The molecule has 1 aliphatic rings. The quantitative estimate of drug-likeness (QED) is 0.383. The van der Waals surface area contributed by atoms with Gasteiger partial charge in [-0.25, -0.2) is 0 Å². The van der Waals surface area contributed by atoms with Gasteiger partial charge in [-0.1, -0.05) is 18.2 Å². The third-order valence-corrected chi connectivity index (χ3v) is 4.49. The standard InChI is InChI=1S/C18H21F3N6O.HI/c1-22-17(23-9-13-5-3-4-6-15(13)18(19,20)21)26-7-8-27(16(28)12-26)14-10-24-25(2)11-14;/h3-6,10-11H,7-9,12H2,1-2H3,(H,22,23);1H. The van der Waals surface area contributed by atoms with Crippen LogP contribution in [0.1, 0.15) is 11.1 Å². The molecule has 1 aromatic carbocycles. The lowest BCUT2D eigenvalue weighted by Crippen LogP contribution is -2.55. The molecule has 7 nitrogen and oxygen atoms in total. The van der Waals surface area contributed by atoms with Crippen LogP contribution in [0.5, 0.6) is 0 Å². The van der Waals surface area contributed by atoms with E-state index in [0.717, 1.165) is 6.07 Å². The number of carbonyl (C=O) groups excluding carboxylic acids is 1. The molecule has 0 atom stereocenters. The molecular formula is C18H22F3IN6O. The first-order valence-corrected chi connectivity index (χ1v) is 8.69. The second-order valence-electron chi connectivity index (χ2n) is 6.39. The molecule has 0 saturated carbocycles. The highest BCUT2D eigenvalue weighted by atomic mass is 127. The highest BCUT2D eigenvalue weighted by Gasteiger charge is 2.33. The Hall–Kier alpha value is -2.31. The number of nitrogens with one attached hydrogen (secondary N) is 1. The number of anilines is 1. The van der Waals surface area contributed by atoms with Gasteiger partial charge in [-0.3, -0.25) is 14.5 Å². The Morgan fingerprint density at radius 2 is 2.00 bits per heavy atom. The van der Waals surface area contributed by atoms with Crippen LogP contribution >= 0.6 is 24.0 Å². The molecule has 1 fully saturated rings. The van der Waals surface area contributed by atoms with Crippen LogP contribution in [0, 0.1) is 0 Å². The molecule has 1 saturated heterocycles. The van der Waals surface area contributed by atoms with Crippen LogP contribution in [0.15, 0.2) is 41.7 Å². The van der Waals surface area contributed by atoms with Gasteiger partial charge in [0, 0.05) is 39.9 Å². The van der Waals surface area contributed by atoms with Crippen molar-refractivity contribution in [2.75, 3.05) is 31.6 Å². The van der Waals surface area contributed by atoms with Gasteiger partial charge in [-0.15, -0.1) is 24.0 Å². The predicted molar refractivity (Wildman–Crippen MR) is 114 cm³/mol. The molecule has 0 spiro atoms. The maximum atomic E-state index is 13.1. The maximum Gasteiger partial charge on any atom is 0.416 e. The summed E-state index contributed by atoms with van der Waals surface area (Å²) in [5.41, 5.74) is 0.154. The largest absolute Gasteiger partial charge is 0.416 e. The zero-order valence-electron chi connectivity index (χ0n) is 16.0. The number of hydrogen-bond donors (Lipinski definition) is 1. The van der Waals surface area contributed by atoms with Gasteiger partial charge in [0.15, 0.2) is 5.96 Å². The van der Waals surface area contributed by atoms with E-state index in [-0.39, 0.29) is 48.5 Å². The average molecular weight is 522 g/mol. The molecular weight excluding hydrogens is 500 g/mol. The summed E-state index contributed by atoms with van der Waals surface area (Å²) in [6.45, 7) is 0.973. The number of amides is 1. The van der Waals surface area contributed by atoms with Gasteiger partial charge in [-0.05, 0) is 11.6 Å². The summed E-state index contributed by atoms with van der Waals surface area (Å²) in [6, 6.07) is 5.40. The second-order valence-corrected chi connectivity index (χ2v) is 6.39. The van der Waals surface area contributed by atoms with E-state index < -0.39 is 11.7 Å². The summed E-state index contributed by atoms with van der Waals surface area (Å²) in [4.78, 5) is 20.0. The number of halogens is 4. The van der Waals surface area contributed by atoms with Gasteiger partial charge in [0.2, 0.25) is 5.91 Å². The van der Waals surface area contributed by atoms with Gasteiger partial charge in [0.05, 0.1) is 17.4 Å². The molecule has 0 unspecified atom stereocenters. The van der Waals surface area contributed by atoms with Gasteiger partial charge in [-0.2, -0.15) is 18.3 Å². The van der Waals surface area contributed by atoms with Crippen molar-refractivity contribution in [3.05, 3.63) is 47.8 Å². The van der Waals surface area contributed by atoms with Crippen molar-refractivity contribution < 1.29 is 18.0 Å². The number of aliphatic imine (C=N–C) groups is 1. The Kier molecular flexibility index (Phi) is 7.49. The van der Waals surface area contributed by atoms with Crippen molar-refractivity contribution in [2.24, 2.45) is 12.0 Å². The molecule has 3 rings (SSSR count). The molecule has 0 bridgehead atoms. The van der Waals surface area contributed by atoms with E-state index in [1.54, 1.807) is 40.0 Å². The summed E-state index contributed by atoms with van der Waals surface area (Å²) in [5, 5.41) is 7.00. The van der Waals surface area contributed by atoms with Crippen LogP contribution in [0.25, 0.3) is 0 Å². The smallest absolute Gasteiger partial charge is 0.352 e. The molecule has 29 heavy (non-hydrogen) atoms. The van der Waals surface area contributed by atoms with Crippen molar-refractivity contribution in [1.29, 1.82) is 0 Å². The monoisotopic (exact) mass is 522 g/mol. The Morgan fingerprint density at radius 3 is 2.59 bits per heavy atom. The third kappa shape index (κ3) is 5.40. The van der Waals surface area contributed by atoms with E-state index in [0.29, 0.717) is 24.7 Å². The van der Waals surface area contributed by atoms with Gasteiger partial charge in [0.1, 0.15) is 6.54 Å². The van der Waals surface area contributed by atoms with Gasteiger partial charge >= 0.3 is 6.18 Å². The fourth-order valence-corrected chi connectivity index (χ4v) is 3.13. The summed E-state index contributed by atoms with van der Waals surface area (Å²) >= 11 is 0. The topological polar surface area (TPSA) is 65.8 Å². The van der Waals surface area contributed by atoms with Crippen LogP contribution < -0.4 is 10.2 Å². The maximum absolute atomic E-state index is 13.1. The summed E-state index contributed by atoms with van der Waals surface area (Å²) < 4.78 is 41.0. The number of aromatic nitrogens is 2. The Labute approximate surface area is 183 Å². The molecule has 1 aromatic heterocycles. The number of aryl methyl sites for hydroxylation is 1. The highest BCUT2D eigenvalue weighted by molar-refractivity contribution is 14.0. The van der Waals surface area contributed by atoms with Crippen molar-refractivity contribution in [1.82, 2.24) is 20.0 Å². The zero-order valence-corrected chi connectivity index (χ0v) is 18.3. The van der Waals surface area contributed by atoms with Crippen LogP contribution in [-0.4, -0.2) is 53.2 Å². The lowest BCUT2D eigenvalue weighted by atomic mass is 10.1. The van der Waals surface area contributed by atoms with Crippen molar-refractivity contribution in [3.63, 3.8) is 0 Å². The van der Waals surface area contributed by atoms with Crippen molar-refractivity contribution in [3.8, 4) is 0 Å². The number of rotatable bonds is 3. The molecule has 1 N–H and O–H groups in total. The predicted octanol–water partition coefficient (Wildman–Crippen LogP) is 2.48. The van der Waals surface area contributed by atoms with E-state index in [1.165, 1.54) is 19.2 Å². The molecule has 2 aromatic rings. The van der Waals surface area contributed by atoms with Crippen LogP contribution in [-0.2, 0) is 24.6 Å². The average Bonchev–Trinajstić information content (AvgIpc) is 3.08. The lowest BCUT2D eigenvalue weighted by Gasteiger charge is -2.35. The number of benzene rings is 1. The summed E-state index contributed by atoms with van der Waals surface area (Å²) in [5.74, 6) is 0.258.